The second kappa shape index (κ2) is 4.67. The van der Waals surface area contributed by atoms with Crippen molar-refractivity contribution in [1.82, 2.24) is 24.0 Å². The van der Waals surface area contributed by atoms with Gasteiger partial charge in [0.2, 0.25) is 5.89 Å². The van der Waals surface area contributed by atoms with E-state index in [2.05, 4.69) is 15.1 Å². The maximum Gasteiger partial charge on any atom is 0.262 e. The Morgan fingerprint density at radius 2 is 2.25 bits per heavy atom. The smallest absolute Gasteiger partial charge is 0.262 e. The van der Waals surface area contributed by atoms with Gasteiger partial charge < -0.3 is 9.09 Å². The molecule has 20 heavy (non-hydrogen) atoms. The van der Waals surface area contributed by atoms with Crippen LogP contribution in [-0.4, -0.2) is 39.0 Å². The maximum atomic E-state index is 12.6. The van der Waals surface area contributed by atoms with E-state index in [0.29, 0.717) is 24.7 Å². The molecule has 0 bridgehead atoms. The van der Waals surface area contributed by atoms with Crippen molar-refractivity contribution in [3.8, 4) is 0 Å². The minimum absolute atomic E-state index is 0.0446. The highest BCUT2D eigenvalue weighted by Gasteiger charge is 2.40. The minimum atomic E-state index is -3.63. The third-order valence-electron chi connectivity index (χ3n) is 3.29. The Kier molecular flexibility index (Phi) is 3.09. The van der Waals surface area contributed by atoms with Gasteiger partial charge in [0.1, 0.15) is 6.04 Å². The molecule has 9 heteroatoms. The summed E-state index contributed by atoms with van der Waals surface area (Å²) < 4.78 is 33.3. The normalized spacial score (nSPS) is 20.6. The summed E-state index contributed by atoms with van der Waals surface area (Å²) in [7, 11) is -1.90. The molecular formula is C11H15N5O3S. The number of aromatic nitrogens is 4. The van der Waals surface area contributed by atoms with E-state index in [-0.39, 0.29) is 5.03 Å². The number of nitrogens with zero attached hydrogens (tertiary/aromatic N) is 5. The van der Waals surface area contributed by atoms with Gasteiger partial charge >= 0.3 is 0 Å². The molecule has 1 fully saturated rings. The van der Waals surface area contributed by atoms with Crippen LogP contribution >= 0.6 is 0 Å². The molecule has 0 amide bonds. The Morgan fingerprint density at radius 1 is 1.45 bits per heavy atom. The second-order valence-electron chi connectivity index (χ2n) is 4.83. The van der Waals surface area contributed by atoms with E-state index in [1.165, 1.54) is 16.8 Å². The number of hydrogen-bond acceptors (Lipinski definition) is 6. The van der Waals surface area contributed by atoms with Crippen molar-refractivity contribution in [2.75, 3.05) is 6.54 Å². The van der Waals surface area contributed by atoms with Gasteiger partial charge in [0.05, 0.1) is 6.33 Å². The van der Waals surface area contributed by atoms with Crippen LogP contribution < -0.4 is 0 Å². The van der Waals surface area contributed by atoms with Gasteiger partial charge in [-0.05, 0) is 19.8 Å². The van der Waals surface area contributed by atoms with Crippen LogP contribution in [-0.2, 0) is 17.1 Å². The van der Waals surface area contributed by atoms with E-state index < -0.39 is 16.1 Å². The van der Waals surface area contributed by atoms with E-state index in [0.717, 1.165) is 6.42 Å². The highest BCUT2D eigenvalue weighted by Crippen LogP contribution is 2.35. The number of imidazole rings is 1. The molecule has 1 saturated heterocycles. The van der Waals surface area contributed by atoms with E-state index in [1.54, 1.807) is 18.5 Å². The Balaban J connectivity index is 1.96. The molecule has 0 aliphatic carbocycles. The molecule has 0 saturated carbocycles. The minimum Gasteiger partial charge on any atom is -0.339 e. The molecule has 0 radical (unpaired) electrons. The summed E-state index contributed by atoms with van der Waals surface area (Å²) in [6.07, 6.45) is 4.39. The van der Waals surface area contributed by atoms with Crippen molar-refractivity contribution in [3.05, 3.63) is 24.2 Å². The predicted octanol–water partition coefficient (Wildman–Crippen LogP) is 0.637. The summed E-state index contributed by atoms with van der Waals surface area (Å²) in [6.45, 7) is 2.14. The fourth-order valence-corrected chi connectivity index (χ4v) is 3.99. The van der Waals surface area contributed by atoms with Gasteiger partial charge in [0.15, 0.2) is 10.9 Å². The molecule has 2 aromatic rings. The van der Waals surface area contributed by atoms with Gasteiger partial charge in [-0.3, -0.25) is 0 Å². The van der Waals surface area contributed by atoms with E-state index >= 15 is 0 Å². The van der Waals surface area contributed by atoms with Gasteiger partial charge in [0.25, 0.3) is 10.0 Å². The van der Waals surface area contributed by atoms with Gasteiger partial charge in [-0.25, -0.2) is 13.4 Å². The number of sulfonamides is 1. The topological polar surface area (TPSA) is 94.1 Å². The number of rotatable bonds is 3. The monoisotopic (exact) mass is 297 g/mol. The Hall–Kier alpha value is -1.74. The average Bonchev–Trinajstić information content (AvgIpc) is 3.07. The van der Waals surface area contributed by atoms with Gasteiger partial charge in [-0.1, -0.05) is 5.16 Å². The van der Waals surface area contributed by atoms with Crippen LogP contribution in [0.5, 0.6) is 0 Å². The Morgan fingerprint density at radius 3 is 2.85 bits per heavy atom. The fourth-order valence-electron chi connectivity index (χ4n) is 2.37. The standard InChI is InChI=1S/C11H15N5O3S/c1-8-13-11(19-14-8)9-4-3-5-16(9)20(17,18)10-6-15(2)7-12-10/h6-7,9H,3-5H2,1-2H3/t9-/m1/s1. The zero-order valence-electron chi connectivity index (χ0n) is 11.2. The third kappa shape index (κ3) is 2.12. The lowest BCUT2D eigenvalue weighted by Gasteiger charge is -2.19. The largest absolute Gasteiger partial charge is 0.339 e. The molecule has 108 valence electrons. The molecule has 3 rings (SSSR count). The lowest BCUT2D eigenvalue weighted by molar-refractivity contribution is 0.289. The summed E-state index contributed by atoms with van der Waals surface area (Å²) in [5.74, 6) is 0.849. The lowest BCUT2D eigenvalue weighted by Crippen LogP contribution is -2.31. The fraction of sp³-hybridized carbons (Fsp3) is 0.545. The highest BCUT2D eigenvalue weighted by atomic mass is 32.2. The quantitative estimate of drug-likeness (QED) is 0.825. The first-order chi connectivity index (χ1) is 9.48. The van der Waals surface area contributed by atoms with Gasteiger partial charge in [-0.2, -0.15) is 9.29 Å². The zero-order valence-corrected chi connectivity index (χ0v) is 12.0. The second-order valence-corrected chi connectivity index (χ2v) is 6.67. The third-order valence-corrected chi connectivity index (χ3v) is 5.08. The first-order valence-electron chi connectivity index (χ1n) is 6.28. The molecule has 0 aromatic carbocycles. The van der Waals surface area contributed by atoms with Gasteiger partial charge in [-0.15, -0.1) is 0 Å². The molecule has 1 atom stereocenters. The van der Waals surface area contributed by atoms with Crippen LogP contribution in [0.25, 0.3) is 0 Å². The maximum absolute atomic E-state index is 12.6. The van der Waals surface area contributed by atoms with Crippen LogP contribution in [0.3, 0.4) is 0 Å². The Labute approximate surface area is 116 Å². The molecule has 0 N–H and O–H groups in total. The van der Waals surface area contributed by atoms with E-state index in [4.69, 9.17) is 4.52 Å². The van der Waals surface area contributed by atoms with Crippen molar-refractivity contribution >= 4 is 10.0 Å². The van der Waals surface area contributed by atoms with Crippen molar-refractivity contribution < 1.29 is 12.9 Å². The Bertz CT molecular complexity index is 720. The zero-order chi connectivity index (χ0) is 14.3. The molecule has 0 unspecified atom stereocenters. The molecule has 1 aliphatic rings. The molecule has 3 heterocycles. The lowest BCUT2D eigenvalue weighted by atomic mass is 10.2. The van der Waals surface area contributed by atoms with Crippen LogP contribution in [0.4, 0.5) is 0 Å². The van der Waals surface area contributed by atoms with Crippen LogP contribution in [0.15, 0.2) is 22.1 Å². The molecule has 1 aliphatic heterocycles. The van der Waals surface area contributed by atoms with E-state index in [1.807, 2.05) is 0 Å². The van der Waals surface area contributed by atoms with Crippen LogP contribution in [0.2, 0.25) is 0 Å². The van der Waals surface area contributed by atoms with Crippen molar-refractivity contribution in [1.29, 1.82) is 0 Å². The number of aryl methyl sites for hydroxylation is 2. The number of hydrogen-bond donors (Lipinski definition) is 0. The van der Waals surface area contributed by atoms with E-state index in [9.17, 15) is 8.42 Å². The van der Waals surface area contributed by atoms with Gasteiger partial charge in [0, 0.05) is 19.8 Å². The molecule has 0 spiro atoms. The molecule has 8 nitrogen and oxygen atoms in total. The summed E-state index contributed by atoms with van der Waals surface area (Å²) >= 11 is 0. The van der Waals surface area contributed by atoms with Crippen molar-refractivity contribution in [2.45, 2.75) is 30.8 Å². The first-order valence-corrected chi connectivity index (χ1v) is 7.72. The first kappa shape index (κ1) is 13.3. The van der Waals surface area contributed by atoms with Crippen molar-refractivity contribution in [3.63, 3.8) is 0 Å². The SMILES string of the molecule is Cc1noc([C@H]2CCCN2S(=O)(=O)c2cn(C)cn2)n1. The summed E-state index contributed by atoms with van der Waals surface area (Å²) in [5.41, 5.74) is 0. The molecular weight excluding hydrogens is 282 g/mol. The van der Waals surface area contributed by atoms with Crippen molar-refractivity contribution in [2.24, 2.45) is 7.05 Å². The average molecular weight is 297 g/mol. The molecule has 2 aromatic heterocycles. The summed E-state index contributed by atoms with van der Waals surface area (Å²) in [6, 6.07) is -0.400. The van der Waals surface area contributed by atoms with Crippen LogP contribution in [0.1, 0.15) is 30.6 Å². The summed E-state index contributed by atoms with van der Waals surface area (Å²) in [5, 5.41) is 3.77. The highest BCUT2D eigenvalue weighted by molar-refractivity contribution is 7.89. The summed E-state index contributed by atoms with van der Waals surface area (Å²) in [4.78, 5) is 8.08. The predicted molar refractivity (Wildman–Crippen MR) is 68.1 cm³/mol. The van der Waals surface area contributed by atoms with Crippen LogP contribution in [0, 0.1) is 6.92 Å².